The van der Waals surface area contributed by atoms with Crippen LogP contribution in [0.5, 0.6) is 0 Å². The lowest BCUT2D eigenvalue weighted by Gasteiger charge is -2.30. The third kappa shape index (κ3) is 4.90. The lowest BCUT2D eigenvalue weighted by Crippen LogP contribution is -2.34. The van der Waals surface area contributed by atoms with Gasteiger partial charge < -0.3 is 10.8 Å². The van der Waals surface area contributed by atoms with E-state index in [1.165, 1.54) is 18.6 Å². The van der Waals surface area contributed by atoms with Crippen LogP contribution < -0.4 is 5.73 Å². The predicted molar refractivity (Wildman–Crippen MR) is 77.9 cm³/mol. The molecule has 3 N–H and O–H groups in total. The van der Waals surface area contributed by atoms with Gasteiger partial charge in [-0.15, -0.1) is 0 Å². The Hall–Kier alpha value is -0.720. The molecule has 1 fully saturated rings. The number of rotatable bonds is 4. The lowest BCUT2D eigenvalue weighted by molar-refractivity contribution is -0.0328. The van der Waals surface area contributed by atoms with Crippen molar-refractivity contribution in [3.63, 3.8) is 0 Å². The van der Waals surface area contributed by atoms with Gasteiger partial charge in [-0.1, -0.05) is 31.4 Å². The molecule has 0 saturated heterocycles. The first-order valence-electron chi connectivity index (χ1n) is 7.16. The second kappa shape index (κ2) is 7.03. The largest absolute Gasteiger partial charge is 0.446 e. The number of alkyl halides is 3. The van der Waals surface area contributed by atoms with Gasteiger partial charge in [0.25, 0.3) is 0 Å². The number of benzene rings is 1. The molecule has 6 heteroatoms. The molecule has 118 valence electrons. The summed E-state index contributed by atoms with van der Waals surface area (Å²) in [5.74, 6) is 0.193. The molecule has 0 aliphatic heterocycles. The standard InChI is InChI=1S/C15H20F3NOS/c16-15(17,18)21-12-8-6-10(7-9-12)13(19)14(20)11-4-2-1-3-5-11/h6-9,11,13-14,20H,1-5,19H2/t13-,14+/m0/s1. The average molecular weight is 319 g/mol. The van der Waals surface area contributed by atoms with Crippen molar-refractivity contribution in [2.75, 3.05) is 0 Å². The Kier molecular flexibility index (Phi) is 5.57. The first kappa shape index (κ1) is 16.6. The van der Waals surface area contributed by atoms with E-state index in [0.717, 1.165) is 25.7 Å². The van der Waals surface area contributed by atoms with E-state index in [0.29, 0.717) is 5.56 Å². The molecule has 2 rings (SSSR count). The Morgan fingerprint density at radius 2 is 1.67 bits per heavy atom. The van der Waals surface area contributed by atoms with Crippen molar-refractivity contribution in [2.45, 2.75) is 54.7 Å². The van der Waals surface area contributed by atoms with E-state index >= 15 is 0 Å². The zero-order chi connectivity index (χ0) is 15.5. The molecule has 2 atom stereocenters. The smallest absolute Gasteiger partial charge is 0.391 e. The quantitative estimate of drug-likeness (QED) is 0.816. The second-order valence-corrected chi connectivity index (χ2v) is 6.67. The maximum Gasteiger partial charge on any atom is 0.446 e. The van der Waals surface area contributed by atoms with E-state index in [2.05, 4.69) is 0 Å². The first-order chi connectivity index (χ1) is 9.87. The van der Waals surface area contributed by atoms with Crippen LogP contribution in [0.3, 0.4) is 0 Å². The predicted octanol–water partition coefficient (Wildman–Crippen LogP) is 4.24. The summed E-state index contributed by atoms with van der Waals surface area (Å²) in [6.07, 6.45) is 4.72. The maximum absolute atomic E-state index is 12.3. The van der Waals surface area contributed by atoms with Gasteiger partial charge in [-0.25, -0.2) is 0 Å². The fourth-order valence-corrected chi connectivity index (χ4v) is 3.40. The van der Waals surface area contributed by atoms with E-state index in [1.807, 2.05) is 0 Å². The number of thioether (sulfide) groups is 1. The number of halogens is 3. The molecule has 0 amide bonds. The summed E-state index contributed by atoms with van der Waals surface area (Å²) in [6.45, 7) is 0. The molecule has 1 aromatic carbocycles. The summed E-state index contributed by atoms with van der Waals surface area (Å²) in [6, 6.07) is 5.41. The van der Waals surface area contributed by atoms with Gasteiger partial charge in [0.15, 0.2) is 0 Å². The van der Waals surface area contributed by atoms with Crippen molar-refractivity contribution in [3.05, 3.63) is 29.8 Å². The Balaban J connectivity index is 2.00. The first-order valence-corrected chi connectivity index (χ1v) is 7.98. The molecular weight excluding hydrogens is 299 g/mol. The molecular formula is C15H20F3NOS. The number of nitrogens with two attached hydrogens (primary N) is 1. The highest BCUT2D eigenvalue weighted by atomic mass is 32.2. The molecule has 1 saturated carbocycles. The Bertz CT molecular complexity index is 443. The SMILES string of the molecule is N[C@@H](c1ccc(SC(F)(F)F)cc1)[C@H](O)C1CCCCC1. The Morgan fingerprint density at radius 1 is 1.10 bits per heavy atom. The van der Waals surface area contributed by atoms with Crippen LogP contribution in [0.4, 0.5) is 13.2 Å². The molecule has 0 bridgehead atoms. The van der Waals surface area contributed by atoms with Crippen LogP contribution in [0.1, 0.15) is 43.7 Å². The van der Waals surface area contributed by atoms with Crippen LogP contribution in [-0.4, -0.2) is 16.7 Å². The van der Waals surface area contributed by atoms with Crippen molar-refractivity contribution in [1.82, 2.24) is 0 Å². The van der Waals surface area contributed by atoms with Crippen molar-refractivity contribution in [2.24, 2.45) is 11.7 Å². The topological polar surface area (TPSA) is 46.2 Å². The van der Waals surface area contributed by atoms with Gasteiger partial charge in [-0.2, -0.15) is 13.2 Å². The second-order valence-electron chi connectivity index (χ2n) is 5.53. The molecule has 0 radical (unpaired) electrons. The molecule has 21 heavy (non-hydrogen) atoms. The van der Waals surface area contributed by atoms with Gasteiger partial charge in [0, 0.05) is 4.90 Å². The molecule has 1 aliphatic carbocycles. The van der Waals surface area contributed by atoms with Crippen LogP contribution >= 0.6 is 11.8 Å². The fourth-order valence-electron chi connectivity index (χ4n) is 2.86. The van der Waals surface area contributed by atoms with E-state index in [1.54, 1.807) is 12.1 Å². The summed E-state index contributed by atoms with van der Waals surface area (Å²) >= 11 is -0.146. The highest BCUT2D eigenvalue weighted by molar-refractivity contribution is 8.00. The van der Waals surface area contributed by atoms with E-state index < -0.39 is 17.7 Å². The van der Waals surface area contributed by atoms with E-state index in [-0.39, 0.29) is 22.6 Å². The van der Waals surface area contributed by atoms with Crippen LogP contribution in [0.2, 0.25) is 0 Å². The average Bonchev–Trinajstić information content (AvgIpc) is 2.46. The highest BCUT2D eigenvalue weighted by Gasteiger charge is 2.30. The van der Waals surface area contributed by atoms with Crippen LogP contribution in [-0.2, 0) is 0 Å². The minimum absolute atomic E-state index is 0.130. The minimum Gasteiger partial charge on any atom is -0.391 e. The summed E-state index contributed by atoms with van der Waals surface area (Å²) < 4.78 is 36.8. The van der Waals surface area contributed by atoms with Crippen molar-refractivity contribution >= 4 is 11.8 Å². The molecule has 1 aliphatic rings. The van der Waals surface area contributed by atoms with Gasteiger partial charge in [0.2, 0.25) is 0 Å². The summed E-state index contributed by atoms with van der Waals surface area (Å²) in [4.78, 5) is 0.130. The molecule has 0 aromatic heterocycles. The van der Waals surface area contributed by atoms with Crippen molar-refractivity contribution in [3.8, 4) is 0 Å². The maximum atomic E-state index is 12.3. The number of hydrogen-bond acceptors (Lipinski definition) is 3. The van der Waals surface area contributed by atoms with Crippen LogP contribution in [0.15, 0.2) is 29.2 Å². The number of hydrogen-bond donors (Lipinski definition) is 2. The number of aliphatic hydroxyl groups excluding tert-OH is 1. The number of aliphatic hydroxyl groups is 1. The lowest BCUT2D eigenvalue weighted by atomic mass is 9.81. The molecule has 1 aromatic rings. The molecule has 2 nitrogen and oxygen atoms in total. The van der Waals surface area contributed by atoms with Crippen LogP contribution in [0, 0.1) is 5.92 Å². The summed E-state index contributed by atoms with van der Waals surface area (Å²) in [7, 11) is 0. The fraction of sp³-hybridized carbons (Fsp3) is 0.600. The Labute approximate surface area is 126 Å². The monoisotopic (exact) mass is 319 g/mol. The molecule has 0 spiro atoms. The zero-order valence-electron chi connectivity index (χ0n) is 11.6. The summed E-state index contributed by atoms with van der Waals surface area (Å²) in [5, 5.41) is 10.3. The van der Waals surface area contributed by atoms with Crippen molar-refractivity contribution in [1.29, 1.82) is 0 Å². The van der Waals surface area contributed by atoms with Crippen LogP contribution in [0.25, 0.3) is 0 Å². The van der Waals surface area contributed by atoms with Gasteiger partial charge in [-0.3, -0.25) is 0 Å². The zero-order valence-corrected chi connectivity index (χ0v) is 12.5. The molecule has 0 heterocycles. The van der Waals surface area contributed by atoms with Gasteiger partial charge >= 0.3 is 5.51 Å². The Morgan fingerprint density at radius 3 is 2.19 bits per heavy atom. The van der Waals surface area contributed by atoms with E-state index in [4.69, 9.17) is 5.73 Å². The van der Waals surface area contributed by atoms with Crippen molar-refractivity contribution < 1.29 is 18.3 Å². The minimum atomic E-state index is -4.29. The van der Waals surface area contributed by atoms with Gasteiger partial charge in [0.1, 0.15) is 0 Å². The normalized spacial score (nSPS) is 20.2. The molecule has 0 unspecified atom stereocenters. The van der Waals surface area contributed by atoms with E-state index in [9.17, 15) is 18.3 Å². The third-order valence-corrected chi connectivity index (χ3v) is 4.74. The summed E-state index contributed by atoms with van der Waals surface area (Å²) in [5.41, 5.74) is 2.46. The van der Waals surface area contributed by atoms with Gasteiger partial charge in [-0.05, 0) is 48.2 Å². The third-order valence-electron chi connectivity index (χ3n) is 4.00. The highest BCUT2D eigenvalue weighted by Crippen LogP contribution is 2.37. The van der Waals surface area contributed by atoms with Gasteiger partial charge in [0.05, 0.1) is 12.1 Å².